The average molecular weight is 320 g/mol. The van der Waals surface area contributed by atoms with Gasteiger partial charge in [0.15, 0.2) is 0 Å². The first-order valence-corrected chi connectivity index (χ1v) is 7.33. The molecule has 0 bridgehead atoms. The number of nitrogens with one attached hydrogen (secondary N) is 1. The molecule has 0 saturated heterocycles. The molecule has 1 aliphatic carbocycles. The number of halogens is 3. The number of rotatable bonds is 3. The van der Waals surface area contributed by atoms with Crippen LogP contribution in [0.3, 0.4) is 0 Å². The van der Waals surface area contributed by atoms with Gasteiger partial charge in [0.1, 0.15) is 5.82 Å². The van der Waals surface area contributed by atoms with Gasteiger partial charge >= 0.3 is 0 Å². The first kappa shape index (κ1) is 15.5. The Morgan fingerprint density at radius 3 is 2.80 bits per heavy atom. The van der Waals surface area contributed by atoms with Crippen LogP contribution < -0.4 is 5.32 Å². The van der Waals surface area contributed by atoms with Gasteiger partial charge in [-0.15, -0.1) is 0 Å². The zero-order chi connectivity index (χ0) is 14.7. The van der Waals surface area contributed by atoms with E-state index < -0.39 is 11.7 Å². The van der Waals surface area contributed by atoms with Crippen molar-refractivity contribution >= 4 is 29.1 Å². The maximum absolute atomic E-state index is 13.4. The van der Waals surface area contributed by atoms with Gasteiger partial charge in [0.2, 0.25) is 0 Å². The van der Waals surface area contributed by atoms with Crippen LogP contribution >= 0.6 is 23.2 Å². The molecule has 2 atom stereocenters. The van der Waals surface area contributed by atoms with Crippen molar-refractivity contribution in [3.8, 4) is 0 Å². The third-order valence-corrected chi connectivity index (χ3v) is 4.16. The molecule has 1 aromatic rings. The summed E-state index contributed by atoms with van der Waals surface area (Å²) in [5.74, 6) is -0.849. The molecule has 110 valence electrons. The number of carbonyl (C=O) groups is 1. The highest BCUT2D eigenvalue weighted by Crippen LogP contribution is 2.25. The van der Waals surface area contributed by atoms with Crippen LogP contribution in [0.1, 0.15) is 36.0 Å². The number of aliphatic hydroxyl groups is 1. The van der Waals surface area contributed by atoms with E-state index in [9.17, 15) is 14.3 Å². The molecular weight excluding hydrogens is 304 g/mol. The molecule has 2 N–H and O–H groups in total. The fourth-order valence-electron chi connectivity index (χ4n) is 2.48. The first-order chi connectivity index (χ1) is 9.47. The second-order valence-corrected chi connectivity index (χ2v) is 5.96. The van der Waals surface area contributed by atoms with Crippen molar-refractivity contribution in [3.63, 3.8) is 0 Å². The van der Waals surface area contributed by atoms with Gasteiger partial charge in [0, 0.05) is 6.54 Å². The van der Waals surface area contributed by atoms with Crippen LogP contribution in [-0.2, 0) is 0 Å². The summed E-state index contributed by atoms with van der Waals surface area (Å²) in [7, 11) is 0. The molecule has 2 unspecified atom stereocenters. The summed E-state index contributed by atoms with van der Waals surface area (Å²) in [5.41, 5.74) is 0.0740. The molecule has 0 aromatic heterocycles. The topological polar surface area (TPSA) is 49.3 Å². The minimum atomic E-state index is -0.672. The second-order valence-electron chi connectivity index (χ2n) is 5.14. The average Bonchev–Trinajstić information content (AvgIpc) is 2.40. The highest BCUT2D eigenvalue weighted by molar-refractivity contribution is 6.36. The van der Waals surface area contributed by atoms with E-state index in [4.69, 9.17) is 23.2 Å². The number of hydrogen-bond donors (Lipinski definition) is 2. The van der Waals surface area contributed by atoms with Gasteiger partial charge in [-0.1, -0.05) is 29.6 Å². The van der Waals surface area contributed by atoms with Crippen LogP contribution in [0, 0.1) is 11.7 Å². The molecule has 0 aliphatic heterocycles. The van der Waals surface area contributed by atoms with E-state index in [0.29, 0.717) is 13.0 Å². The summed E-state index contributed by atoms with van der Waals surface area (Å²) in [4.78, 5) is 12.0. The molecular formula is C14H16Cl2FNO2. The van der Waals surface area contributed by atoms with Crippen LogP contribution in [0.4, 0.5) is 4.39 Å². The van der Waals surface area contributed by atoms with E-state index >= 15 is 0 Å². The van der Waals surface area contributed by atoms with E-state index in [1.165, 1.54) is 6.07 Å². The fraction of sp³-hybridized carbons (Fsp3) is 0.500. The van der Waals surface area contributed by atoms with Crippen molar-refractivity contribution in [1.29, 1.82) is 0 Å². The predicted molar refractivity (Wildman–Crippen MR) is 76.7 cm³/mol. The predicted octanol–water partition coefficient (Wildman–Crippen LogP) is 3.41. The summed E-state index contributed by atoms with van der Waals surface area (Å²) >= 11 is 11.5. The zero-order valence-electron chi connectivity index (χ0n) is 10.8. The van der Waals surface area contributed by atoms with E-state index in [0.717, 1.165) is 25.3 Å². The molecule has 2 rings (SSSR count). The Morgan fingerprint density at radius 1 is 1.35 bits per heavy atom. The van der Waals surface area contributed by atoms with Gasteiger partial charge < -0.3 is 10.4 Å². The van der Waals surface area contributed by atoms with Crippen LogP contribution in [0.2, 0.25) is 10.0 Å². The van der Waals surface area contributed by atoms with Gasteiger partial charge in [-0.2, -0.15) is 0 Å². The van der Waals surface area contributed by atoms with Gasteiger partial charge in [-0.25, -0.2) is 4.39 Å². The summed E-state index contributed by atoms with van der Waals surface area (Å²) in [6, 6.07) is 2.26. The van der Waals surface area contributed by atoms with E-state index in [1.54, 1.807) is 0 Å². The highest BCUT2D eigenvalue weighted by Gasteiger charge is 2.21. The van der Waals surface area contributed by atoms with Crippen LogP contribution in [0.5, 0.6) is 0 Å². The molecule has 1 fully saturated rings. The molecule has 0 radical (unpaired) electrons. The van der Waals surface area contributed by atoms with Gasteiger partial charge in [-0.3, -0.25) is 4.79 Å². The van der Waals surface area contributed by atoms with Crippen molar-refractivity contribution in [2.75, 3.05) is 6.54 Å². The molecule has 1 saturated carbocycles. The lowest BCUT2D eigenvalue weighted by Gasteiger charge is -2.25. The Kier molecular flexibility index (Phi) is 5.24. The Morgan fingerprint density at radius 2 is 2.10 bits per heavy atom. The number of amides is 1. The maximum Gasteiger partial charge on any atom is 0.252 e. The Bertz CT molecular complexity index is 510. The van der Waals surface area contributed by atoms with Crippen molar-refractivity contribution < 1.29 is 14.3 Å². The maximum atomic E-state index is 13.4. The Balaban J connectivity index is 1.96. The summed E-state index contributed by atoms with van der Waals surface area (Å²) < 4.78 is 13.4. The smallest absolute Gasteiger partial charge is 0.252 e. The van der Waals surface area contributed by atoms with E-state index in [-0.39, 0.29) is 27.6 Å². The molecule has 1 aromatic carbocycles. The van der Waals surface area contributed by atoms with Gasteiger partial charge in [0.25, 0.3) is 5.91 Å². The molecule has 6 heteroatoms. The van der Waals surface area contributed by atoms with Crippen molar-refractivity contribution in [2.24, 2.45) is 5.92 Å². The second kappa shape index (κ2) is 6.74. The number of benzene rings is 1. The third-order valence-electron chi connectivity index (χ3n) is 3.56. The fourth-order valence-corrected chi connectivity index (χ4v) is 2.95. The lowest BCUT2D eigenvalue weighted by atomic mass is 9.87. The SMILES string of the molecule is O=C(NCC1CCCC(O)C1)c1cc(F)c(Cl)cc1Cl. The van der Waals surface area contributed by atoms with E-state index in [2.05, 4.69) is 5.32 Å². The van der Waals surface area contributed by atoms with Crippen LogP contribution in [-0.4, -0.2) is 23.7 Å². The minimum absolute atomic E-state index is 0.0740. The van der Waals surface area contributed by atoms with Crippen molar-refractivity contribution in [3.05, 3.63) is 33.6 Å². The quantitative estimate of drug-likeness (QED) is 0.839. The molecule has 0 spiro atoms. The highest BCUT2D eigenvalue weighted by atomic mass is 35.5. The minimum Gasteiger partial charge on any atom is -0.393 e. The summed E-state index contributed by atoms with van der Waals surface area (Å²) in [6.45, 7) is 0.455. The summed E-state index contributed by atoms with van der Waals surface area (Å²) in [5, 5.41) is 12.3. The number of aliphatic hydroxyl groups excluding tert-OH is 1. The Hall–Kier alpha value is -0.840. The molecule has 1 aliphatic rings. The third kappa shape index (κ3) is 3.84. The normalized spacial score (nSPS) is 22.6. The lowest BCUT2D eigenvalue weighted by molar-refractivity contribution is 0.0873. The standard InChI is InChI=1S/C14H16Cl2FNO2/c15-11-6-12(16)13(17)5-10(11)14(20)18-7-8-2-1-3-9(19)4-8/h5-6,8-9,19H,1-4,7H2,(H,18,20). The van der Waals surface area contributed by atoms with Crippen molar-refractivity contribution in [2.45, 2.75) is 31.8 Å². The lowest BCUT2D eigenvalue weighted by Crippen LogP contribution is -2.33. The number of hydrogen-bond acceptors (Lipinski definition) is 2. The largest absolute Gasteiger partial charge is 0.393 e. The van der Waals surface area contributed by atoms with E-state index in [1.807, 2.05) is 0 Å². The zero-order valence-corrected chi connectivity index (χ0v) is 12.3. The van der Waals surface area contributed by atoms with Crippen LogP contribution in [0.25, 0.3) is 0 Å². The monoisotopic (exact) mass is 319 g/mol. The van der Waals surface area contributed by atoms with Crippen LogP contribution in [0.15, 0.2) is 12.1 Å². The van der Waals surface area contributed by atoms with Gasteiger partial charge in [-0.05, 0) is 37.3 Å². The van der Waals surface area contributed by atoms with Crippen molar-refractivity contribution in [1.82, 2.24) is 5.32 Å². The molecule has 0 heterocycles. The summed E-state index contributed by atoms with van der Waals surface area (Å²) in [6.07, 6.45) is 3.14. The van der Waals surface area contributed by atoms with Gasteiger partial charge in [0.05, 0.1) is 21.7 Å². The Labute approximate surface area is 127 Å². The molecule has 3 nitrogen and oxygen atoms in total. The molecule has 20 heavy (non-hydrogen) atoms. The number of carbonyl (C=O) groups excluding carboxylic acids is 1. The first-order valence-electron chi connectivity index (χ1n) is 6.58. The molecule has 1 amide bonds.